The lowest BCUT2D eigenvalue weighted by Gasteiger charge is -2.48. The summed E-state index contributed by atoms with van der Waals surface area (Å²) >= 11 is 0. The van der Waals surface area contributed by atoms with E-state index in [-0.39, 0.29) is 11.5 Å². The molecule has 5 heteroatoms. The van der Waals surface area contributed by atoms with E-state index >= 15 is 0 Å². The summed E-state index contributed by atoms with van der Waals surface area (Å²) in [5.74, 6) is -0.0365. The van der Waals surface area contributed by atoms with Crippen LogP contribution in [0.1, 0.15) is 26.2 Å². The smallest absolute Gasteiger partial charge is 0.326 e. The van der Waals surface area contributed by atoms with Crippen LogP contribution in [0.5, 0.6) is 0 Å². The zero-order valence-electron chi connectivity index (χ0n) is 12.3. The summed E-state index contributed by atoms with van der Waals surface area (Å²) < 4.78 is 5.12. The number of rotatable bonds is 4. The molecule has 0 amide bonds. The van der Waals surface area contributed by atoms with Gasteiger partial charge in [-0.2, -0.15) is 0 Å². The average molecular weight is 269 g/mol. The van der Waals surface area contributed by atoms with Gasteiger partial charge in [-0.1, -0.05) is 6.92 Å². The van der Waals surface area contributed by atoms with Crippen LogP contribution in [0.2, 0.25) is 0 Å². The number of nitrogens with one attached hydrogen (secondary N) is 1. The molecule has 2 rings (SSSR count). The Balaban J connectivity index is 2.06. The van der Waals surface area contributed by atoms with Crippen LogP contribution in [0.4, 0.5) is 0 Å². The molecule has 2 saturated heterocycles. The van der Waals surface area contributed by atoms with Gasteiger partial charge < -0.3 is 15.0 Å². The van der Waals surface area contributed by atoms with Crippen molar-refractivity contribution in [3.8, 4) is 0 Å². The SMILES string of the molecule is CCCN1CCC(C(=O)OC)(N2CCNCC2)CC1. The van der Waals surface area contributed by atoms with Gasteiger partial charge in [-0.3, -0.25) is 9.69 Å². The van der Waals surface area contributed by atoms with Crippen molar-refractivity contribution in [2.45, 2.75) is 31.7 Å². The Morgan fingerprint density at radius 2 is 1.84 bits per heavy atom. The van der Waals surface area contributed by atoms with Gasteiger partial charge in [0.1, 0.15) is 5.54 Å². The van der Waals surface area contributed by atoms with Crippen molar-refractivity contribution in [1.29, 1.82) is 0 Å². The molecule has 0 aromatic rings. The highest BCUT2D eigenvalue weighted by Crippen LogP contribution is 2.30. The van der Waals surface area contributed by atoms with E-state index in [1.54, 1.807) is 0 Å². The Morgan fingerprint density at radius 3 is 2.37 bits per heavy atom. The molecule has 0 aromatic heterocycles. The summed E-state index contributed by atoms with van der Waals surface area (Å²) in [6.45, 7) is 9.19. The number of hydrogen-bond acceptors (Lipinski definition) is 5. The predicted molar refractivity (Wildman–Crippen MR) is 75.2 cm³/mol. The lowest BCUT2D eigenvalue weighted by atomic mass is 9.85. The maximum absolute atomic E-state index is 12.3. The fourth-order valence-electron chi connectivity index (χ4n) is 3.40. The lowest BCUT2D eigenvalue weighted by molar-refractivity contribution is -0.160. The molecular weight excluding hydrogens is 242 g/mol. The first kappa shape index (κ1) is 14.8. The fourth-order valence-corrected chi connectivity index (χ4v) is 3.40. The number of methoxy groups -OCH3 is 1. The van der Waals surface area contributed by atoms with Crippen molar-refractivity contribution in [3.05, 3.63) is 0 Å². The Hall–Kier alpha value is -0.650. The largest absolute Gasteiger partial charge is 0.468 e. The van der Waals surface area contributed by atoms with Gasteiger partial charge in [0.25, 0.3) is 0 Å². The molecule has 2 aliphatic rings. The summed E-state index contributed by atoms with van der Waals surface area (Å²) in [5.41, 5.74) is -0.374. The Kier molecular flexibility index (Phi) is 5.19. The van der Waals surface area contributed by atoms with Crippen molar-refractivity contribution in [2.75, 3.05) is 52.9 Å². The van der Waals surface area contributed by atoms with E-state index in [9.17, 15) is 4.79 Å². The minimum Gasteiger partial charge on any atom is -0.468 e. The Bertz CT molecular complexity index is 295. The lowest BCUT2D eigenvalue weighted by Crippen LogP contribution is -2.64. The summed E-state index contributed by atoms with van der Waals surface area (Å²) in [7, 11) is 1.52. The molecule has 2 heterocycles. The second kappa shape index (κ2) is 6.68. The van der Waals surface area contributed by atoms with E-state index in [1.807, 2.05) is 0 Å². The fraction of sp³-hybridized carbons (Fsp3) is 0.929. The number of hydrogen-bond donors (Lipinski definition) is 1. The third-order valence-electron chi connectivity index (χ3n) is 4.51. The van der Waals surface area contributed by atoms with Crippen molar-refractivity contribution in [3.63, 3.8) is 0 Å². The number of piperazine rings is 1. The topological polar surface area (TPSA) is 44.8 Å². The van der Waals surface area contributed by atoms with Crippen LogP contribution in [0.15, 0.2) is 0 Å². The van der Waals surface area contributed by atoms with Crippen LogP contribution in [0, 0.1) is 0 Å². The molecule has 110 valence electrons. The minimum absolute atomic E-state index is 0.0365. The molecule has 0 atom stereocenters. The predicted octanol–water partition coefficient (Wildman–Crippen LogP) is 0.309. The highest BCUT2D eigenvalue weighted by Gasteiger charge is 2.47. The van der Waals surface area contributed by atoms with E-state index in [1.165, 1.54) is 13.5 Å². The van der Waals surface area contributed by atoms with Crippen LogP contribution in [-0.4, -0.2) is 74.2 Å². The monoisotopic (exact) mass is 269 g/mol. The third-order valence-corrected chi connectivity index (χ3v) is 4.51. The molecule has 2 fully saturated rings. The molecule has 0 saturated carbocycles. The standard InChI is InChI=1S/C14H27N3O2/c1-3-8-16-9-4-14(5-10-16,13(18)19-2)17-11-6-15-7-12-17/h15H,3-12H2,1-2H3. The number of carbonyl (C=O) groups is 1. The zero-order chi connectivity index (χ0) is 13.7. The van der Waals surface area contributed by atoms with Crippen molar-refractivity contribution >= 4 is 5.97 Å². The van der Waals surface area contributed by atoms with E-state index < -0.39 is 0 Å². The first-order valence-corrected chi connectivity index (χ1v) is 7.49. The molecule has 0 bridgehead atoms. The highest BCUT2D eigenvalue weighted by atomic mass is 16.5. The number of likely N-dealkylation sites (tertiary alicyclic amines) is 1. The molecule has 1 N–H and O–H groups in total. The van der Waals surface area contributed by atoms with E-state index in [2.05, 4.69) is 22.0 Å². The molecule has 2 aliphatic heterocycles. The minimum atomic E-state index is -0.374. The maximum Gasteiger partial charge on any atom is 0.326 e. The number of esters is 1. The van der Waals surface area contributed by atoms with Gasteiger partial charge >= 0.3 is 5.97 Å². The van der Waals surface area contributed by atoms with Gasteiger partial charge in [-0.05, 0) is 25.8 Å². The van der Waals surface area contributed by atoms with Crippen LogP contribution >= 0.6 is 0 Å². The summed E-state index contributed by atoms with van der Waals surface area (Å²) in [5, 5.41) is 3.35. The molecule has 0 unspecified atom stereocenters. The highest BCUT2D eigenvalue weighted by molar-refractivity contribution is 5.81. The van der Waals surface area contributed by atoms with Gasteiger partial charge in [0.2, 0.25) is 0 Å². The normalized spacial score (nSPS) is 25.2. The second-order valence-corrected chi connectivity index (χ2v) is 5.60. The summed E-state index contributed by atoms with van der Waals surface area (Å²) in [4.78, 5) is 17.2. The molecular formula is C14H27N3O2. The molecule has 0 radical (unpaired) electrons. The summed E-state index contributed by atoms with van der Waals surface area (Å²) in [6.07, 6.45) is 2.98. The number of carbonyl (C=O) groups excluding carboxylic acids is 1. The van der Waals surface area contributed by atoms with Crippen LogP contribution in [0.3, 0.4) is 0 Å². The zero-order valence-corrected chi connectivity index (χ0v) is 12.3. The summed E-state index contributed by atoms with van der Waals surface area (Å²) in [6, 6.07) is 0. The molecule has 0 aromatic carbocycles. The van der Waals surface area contributed by atoms with E-state index in [0.29, 0.717) is 0 Å². The number of ether oxygens (including phenoxy) is 1. The van der Waals surface area contributed by atoms with E-state index in [0.717, 1.165) is 58.7 Å². The molecule has 19 heavy (non-hydrogen) atoms. The first-order valence-electron chi connectivity index (χ1n) is 7.49. The molecule has 5 nitrogen and oxygen atoms in total. The first-order chi connectivity index (χ1) is 9.23. The number of piperidine rings is 1. The average Bonchev–Trinajstić information content (AvgIpc) is 2.48. The second-order valence-electron chi connectivity index (χ2n) is 5.60. The van der Waals surface area contributed by atoms with Crippen molar-refractivity contribution < 1.29 is 9.53 Å². The van der Waals surface area contributed by atoms with E-state index in [4.69, 9.17) is 4.74 Å². The van der Waals surface area contributed by atoms with Crippen molar-refractivity contribution in [2.24, 2.45) is 0 Å². The molecule has 0 aliphatic carbocycles. The van der Waals surface area contributed by atoms with Gasteiger partial charge in [0.05, 0.1) is 7.11 Å². The number of nitrogens with zero attached hydrogens (tertiary/aromatic N) is 2. The van der Waals surface area contributed by atoms with Gasteiger partial charge in [-0.15, -0.1) is 0 Å². The Morgan fingerprint density at radius 1 is 1.21 bits per heavy atom. The van der Waals surface area contributed by atoms with Crippen molar-refractivity contribution in [1.82, 2.24) is 15.1 Å². The quantitative estimate of drug-likeness (QED) is 0.744. The molecule has 0 spiro atoms. The van der Waals surface area contributed by atoms with Gasteiger partial charge in [-0.25, -0.2) is 0 Å². The van der Waals surface area contributed by atoms with Crippen LogP contribution in [0.25, 0.3) is 0 Å². The van der Waals surface area contributed by atoms with Crippen LogP contribution in [-0.2, 0) is 9.53 Å². The van der Waals surface area contributed by atoms with Gasteiger partial charge in [0, 0.05) is 39.3 Å². The van der Waals surface area contributed by atoms with Crippen LogP contribution < -0.4 is 5.32 Å². The Labute approximate surface area is 116 Å². The third kappa shape index (κ3) is 3.09. The van der Waals surface area contributed by atoms with Gasteiger partial charge in [0.15, 0.2) is 0 Å². The maximum atomic E-state index is 12.3.